The second-order valence-corrected chi connectivity index (χ2v) is 8.58. The zero-order chi connectivity index (χ0) is 23.1. The van der Waals surface area contributed by atoms with E-state index in [0.717, 1.165) is 11.1 Å². The van der Waals surface area contributed by atoms with Gasteiger partial charge in [-0.1, -0.05) is 18.2 Å². The smallest absolute Gasteiger partial charge is 0.408 e. The largest absolute Gasteiger partial charge is 0.444 e. The molecule has 3 amide bonds. The molecular weight excluding hydrogens is 386 g/mol. The molecule has 1 aromatic carbocycles. The fraction of sp³-hybridized carbons (Fsp3) is 0.591. The molecule has 0 aromatic heterocycles. The van der Waals surface area contributed by atoms with Crippen molar-refractivity contribution in [3.63, 3.8) is 0 Å². The summed E-state index contributed by atoms with van der Waals surface area (Å²) in [5.41, 5.74) is 1.98. The molecule has 0 radical (unpaired) electrons. The highest BCUT2D eigenvalue weighted by Gasteiger charge is 2.32. The maximum absolute atomic E-state index is 13.0. The van der Waals surface area contributed by atoms with Crippen LogP contribution in [0.5, 0.6) is 0 Å². The predicted octanol–water partition coefficient (Wildman–Crippen LogP) is 2.21. The van der Waals surface area contributed by atoms with Crippen molar-refractivity contribution in [1.82, 2.24) is 15.5 Å². The zero-order valence-corrected chi connectivity index (χ0v) is 19.0. The van der Waals surface area contributed by atoms with Gasteiger partial charge in [-0.15, -0.1) is 0 Å². The summed E-state index contributed by atoms with van der Waals surface area (Å²) in [6.07, 6.45) is -0.728. The molecule has 0 fully saturated rings. The molecule has 8 nitrogen and oxygen atoms in total. The van der Waals surface area contributed by atoms with Gasteiger partial charge in [0.15, 0.2) is 0 Å². The lowest BCUT2D eigenvalue weighted by molar-refractivity contribution is -0.141. The van der Waals surface area contributed by atoms with E-state index in [-0.39, 0.29) is 31.6 Å². The van der Waals surface area contributed by atoms with E-state index < -0.39 is 23.6 Å². The molecule has 0 saturated carbocycles. The Morgan fingerprint density at radius 1 is 1.13 bits per heavy atom. The number of aliphatic hydroxyl groups is 1. The molecule has 168 valence electrons. The van der Waals surface area contributed by atoms with Crippen LogP contribution in [0, 0.1) is 13.8 Å². The molecule has 1 aromatic rings. The predicted molar refractivity (Wildman–Crippen MR) is 115 cm³/mol. The first kappa shape index (κ1) is 25.4. The molecular formula is C22H35N3O5. The molecule has 30 heavy (non-hydrogen) atoms. The number of rotatable bonds is 8. The molecule has 3 N–H and O–H groups in total. The van der Waals surface area contributed by atoms with Gasteiger partial charge >= 0.3 is 6.09 Å². The summed E-state index contributed by atoms with van der Waals surface area (Å²) >= 11 is 0. The molecule has 0 aliphatic heterocycles. The lowest BCUT2D eigenvalue weighted by Gasteiger charge is -2.32. The number of aliphatic hydroxyl groups excluding tert-OH is 1. The van der Waals surface area contributed by atoms with Crippen LogP contribution < -0.4 is 10.6 Å². The van der Waals surface area contributed by atoms with Gasteiger partial charge in [0.05, 0.1) is 6.61 Å². The number of ether oxygens (including phenoxy) is 1. The second kappa shape index (κ2) is 11.0. The number of amides is 3. The fourth-order valence-electron chi connectivity index (χ4n) is 2.84. The summed E-state index contributed by atoms with van der Waals surface area (Å²) in [7, 11) is 0. The van der Waals surface area contributed by atoms with Gasteiger partial charge in [0.1, 0.15) is 18.2 Å². The van der Waals surface area contributed by atoms with Crippen LogP contribution in [-0.2, 0) is 14.3 Å². The topological polar surface area (TPSA) is 108 Å². The first-order valence-corrected chi connectivity index (χ1v) is 10.1. The van der Waals surface area contributed by atoms with Gasteiger partial charge in [0.25, 0.3) is 0 Å². The fourth-order valence-corrected chi connectivity index (χ4v) is 2.84. The van der Waals surface area contributed by atoms with E-state index in [1.54, 1.807) is 26.8 Å². The number of carbonyl (C=O) groups is 3. The lowest BCUT2D eigenvalue weighted by Crippen LogP contribution is -2.49. The summed E-state index contributed by atoms with van der Waals surface area (Å²) in [6, 6.07) is 4.48. The summed E-state index contributed by atoms with van der Waals surface area (Å²) in [4.78, 5) is 39.1. The van der Waals surface area contributed by atoms with Crippen molar-refractivity contribution in [3.05, 3.63) is 34.9 Å². The highest BCUT2D eigenvalue weighted by molar-refractivity contribution is 5.90. The monoisotopic (exact) mass is 421 g/mol. The van der Waals surface area contributed by atoms with Crippen molar-refractivity contribution in [2.75, 3.05) is 19.7 Å². The number of nitrogens with zero attached hydrogens (tertiary/aromatic N) is 1. The molecule has 0 aliphatic carbocycles. The van der Waals surface area contributed by atoms with Crippen molar-refractivity contribution in [3.8, 4) is 0 Å². The van der Waals surface area contributed by atoms with Crippen molar-refractivity contribution >= 4 is 17.9 Å². The van der Waals surface area contributed by atoms with E-state index in [0.29, 0.717) is 5.56 Å². The van der Waals surface area contributed by atoms with E-state index in [9.17, 15) is 19.5 Å². The third-order valence-electron chi connectivity index (χ3n) is 4.28. The van der Waals surface area contributed by atoms with Gasteiger partial charge in [-0.05, 0) is 65.2 Å². The molecule has 8 heteroatoms. The van der Waals surface area contributed by atoms with Gasteiger partial charge in [-0.3, -0.25) is 9.59 Å². The maximum Gasteiger partial charge on any atom is 0.408 e. The van der Waals surface area contributed by atoms with E-state index >= 15 is 0 Å². The average Bonchev–Trinajstić information content (AvgIpc) is 2.60. The van der Waals surface area contributed by atoms with Gasteiger partial charge in [-0.2, -0.15) is 0 Å². The molecule has 1 unspecified atom stereocenters. The van der Waals surface area contributed by atoms with Gasteiger partial charge in [0, 0.05) is 12.6 Å². The van der Waals surface area contributed by atoms with E-state index in [1.165, 1.54) is 4.90 Å². The first-order valence-electron chi connectivity index (χ1n) is 10.1. The molecule has 0 saturated heterocycles. The molecule has 0 bridgehead atoms. The van der Waals surface area contributed by atoms with Gasteiger partial charge in [0.2, 0.25) is 11.8 Å². The van der Waals surface area contributed by atoms with Crippen LogP contribution in [0.25, 0.3) is 0 Å². The van der Waals surface area contributed by atoms with E-state index in [1.807, 2.05) is 39.8 Å². The van der Waals surface area contributed by atoms with Gasteiger partial charge < -0.3 is 25.4 Å². The normalized spacial score (nSPS) is 12.3. The molecule has 0 heterocycles. The minimum Gasteiger partial charge on any atom is -0.444 e. The summed E-state index contributed by atoms with van der Waals surface area (Å²) in [5.74, 6) is -0.857. The van der Waals surface area contributed by atoms with Crippen LogP contribution >= 0.6 is 0 Å². The Bertz CT molecular complexity index is 756. The number of hydrogen-bond acceptors (Lipinski definition) is 5. The SMILES string of the molecule is Cc1ccc(C(C(=O)NC(C)C)N(CCO)C(=O)CNC(=O)OC(C)(C)C)cc1C. The number of hydrogen-bond donors (Lipinski definition) is 3. The quantitative estimate of drug-likeness (QED) is 0.596. The van der Waals surface area contributed by atoms with Crippen LogP contribution in [0.2, 0.25) is 0 Å². The van der Waals surface area contributed by atoms with Crippen LogP contribution in [0.4, 0.5) is 4.79 Å². The third-order valence-corrected chi connectivity index (χ3v) is 4.28. The maximum atomic E-state index is 13.0. The highest BCUT2D eigenvalue weighted by Crippen LogP contribution is 2.24. The average molecular weight is 422 g/mol. The molecule has 1 atom stereocenters. The van der Waals surface area contributed by atoms with Crippen molar-refractivity contribution in [1.29, 1.82) is 0 Å². The van der Waals surface area contributed by atoms with Crippen LogP contribution in [-0.4, -0.2) is 59.3 Å². The van der Waals surface area contributed by atoms with E-state index in [4.69, 9.17) is 4.74 Å². The Balaban J connectivity index is 3.16. The number of carbonyl (C=O) groups excluding carboxylic acids is 3. The number of alkyl carbamates (subject to hydrolysis) is 1. The third kappa shape index (κ3) is 8.02. The Morgan fingerprint density at radius 2 is 1.77 bits per heavy atom. The Kier molecular flexibility index (Phi) is 9.29. The number of aryl methyl sites for hydroxylation is 2. The van der Waals surface area contributed by atoms with Crippen LogP contribution in [0.15, 0.2) is 18.2 Å². The Hall–Kier alpha value is -2.61. The number of benzene rings is 1. The van der Waals surface area contributed by atoms with Crippen molar-refractivity contribution < 1.29 is 24.2 Å². The molecule has 0 spiro atoms. The van der Waals surface area contributed by atoms with Crippen molar-refractivity contribution in [2.24, 2.45) is 0 Å². The summed E-state index contributed by atoms with van der Waals surface area (Å²) in [6.45, 7) is 12.0. The zero-order valence-electron chi connectivity index (χ0n) is 19.0. The van der Waals surface area contributed by atoms with Crippen LogP contribution in [0.3, 0.4) is 0 Å². The Morgan fingerprint density at radius 3 is 2.27 bits per heavy atom. The highest BCUT2D eigenvalue weighted by atomic mass is 16.6. The Labute approximate surface area is 179 Å². The van der Waals surface area contributed by atoms with E-state index in [2.05, 4.69) is 10.6 Å². The van der Waals surface area contributed by atoms with Crippen LogP contribution in [0.1, 0.15) is 57.4 Å². The van der Waals surface area contributed by atoms with Gasteiger partial charge in [-0.25, -0.2) is 4.79 Å². The minimum atomic E-state index is -0.938. The molecule has 1 rings (SSSR count). The molecule has 0 aliphatic rings. The van der Waals surface area contributed by atoms with Crippen molar-refractivity contribution in [2.45, 2.75) is 66.2 Å². The lowest BCUT2D eigenvalue weighted by atomic mass is 9.98. The summed E-state index contributed by atoms with van der Waals surface area (Å²) < 4.78 is 5.15. The first-order chi connectivity index (χ1) is 13.9. The second-order valence-electron chi connectivity index (χ2n) is 8.58. The number of nitrogens with one attached hydrogen (secondary N) is 2. The minimum absolute atomic E-state index is 0.0576. The standard InChI is InChI=1S/C22H35N3O5/c1-14(2)24-20(28)19(17-9-8-15(3)16(4)12-17)25(10-11-26)18(27)13-23-21(29)30-22(5,6)7/h8-9,12,14,19,26H,10-11,13H2,1-7H3,(H,23,29)(H,24,28). The summed E-state index contributed by atoms with van der Waals surface area (Å²) in [5, 5.41) is 14.8.